The van der Waals surface area contributed by atoms with Gasteiger partial charge in [0, 0.05) is 25.7 Å². The Labute approximate surface area is 332 Å². The van der Waals surface area contributed by atoms with Gasteiger partial charge in [-0.1, -0.05) is 34.9 Å². The SMILES string of the molecule is COc1cc(C2C3=CCC4C(=O)N(c5ccc(N=Nc6ccc(N(C)C)cc6)cc5)C(=O)C4C3CC3C(=O)N(c4ccc(F)c(Cl)c4)C(=O)C32C)cc(Cl)c1O. The van der Waals surface area contributed by atoms with E-state index in [1.54, 1.807) is 37.3 Å². The number of aromatic hydroxyl groups is 1. The van der Waals surface area contributed by atoms with Gasteiger partial charge in [-0.2, -0.15) is 10.2 Å². The Morgan fingerprint density at radius 2 is 1.46 bits per heavy atom. The van der Waals surface area contributed by atoms with Crippen LogP contribution in [0.4, 0.5) is 32.8 Å². The molecule has 4 aromatic carbocycles. The molecule has 2 saturated heterocycles. The zero-order valence-electron chi connectivity index (χ0n) is 30.7. The number of fused-ring (bicyclic) bond motifs is 4. The van der Waals surface area contributed by atoms with Gasteiger partial charge in [-0.25, -0.2) is 9.29 Å². The van der Waals surface area contributed by atoms with E-state index in [1.165, 1.54) is 30.2 Å². The monoisotopic (exact) mass is 795 g/mol. The molecule has 4 amide bonds. The van der Waals surface area contributed by atoms with Crippen LogP contribution in [0.3, 0.4) is 0 Å². The third-order valence-electron chi connectivity index (χ3n) is 11.8. The molecule has 8 rings (SSSR count). The number of benzene rings is 4. The number of methoxy groups -OCH3 is 1. The molecular formula is C42H36Cl2FN5O6. The molecule has 6 unspecified atom stereocenters. The lowest BCUT2D eigenvalue weighted by molar-refractivity contribution is -0.131. The van der Waals surface area contributed by atoms with Crippen molar-refractivity contribution in [3.63, 3.8) is 0 Å². The average Bonchev–Trinajstić information content (AvgIpc) is 3.55. The van der Waals surface area contributed by atoms with Crippen molar-refractivity contribution >= 4 is 75.3 Å². The lowest BCUT2D eigenvalue weighted by Crippen LogP contribution is -2.48. The predicted molar refractivity (Wildman–Crippen MR) is 210 cm³/mol. The zero-order chi connectivity index (χ0) is 39.8. The summed E-state index contributed by atoms with van der Waals surface area (Å²) in [4.78, 5) is 62.0. The number of hydrogen-bond donors (Lipinski definition) is 1. The van der Waals surface area contributed by atoms with Crippen molar-refractivity contribution in [2.45, 2.75) is 25.7 Å². The third-order valence-corrected chi connectivity index (χ3v) is 12.4. The highest BCUT2D eigenvalue weighted by Crippen LogP contribution is 2.64. The number of rotatable bonds is 7. The van der Waals surface area contributed by atoms with E-state index in [0.29, 0.717) is 28.2 Å². The maximum absolute atomic E-state index is 14.7. The third kappa shape index (κ3) is 5.76. The molecule has 0 spiro atoms. The van der Waals surface area contributed by atoms with Crippen LogP contribution in [0.15, 0.2) is 101 Å². The van der Waals surface area contributed by atoms with Crippen LogP contribution in [-0.4, -0.2) is 49.9 Å². The van der Waals surface area contributed by atoms with Crippen molar-refractivity contribution < 1.29 is 33.4 Å². The van der Waals surface area contributed by atoms with Crippen LogP contribution in [-0.2, 0) is 19.2 Å². The van der Waals surface area contributed by atoms with Crippen molar-refractivity contribution in [1.29, 1.82) is 0 Å². The minimum absolute atomic E-state index is 0.0293. The van der Waals surface area contributed by atoms with Crippen molar-refractivity contribution in [2.75, 3.05) is 35.9 Å². The molecule has 1 saturated carbocycles. The highest BCUT2D eigenvalue weighted by Gasteiger charge is 2.67. The fourth-order valence-electron chi connectivity index (χ4n) is 9.04. The van der Waals surface area contributed by atoms with E-state index in [9.17, 15) is 28.7 Å². The molecule has 286 valence electrons. The summed E-state index contributed by atoms with van der Waals surface area (Å²) in [5.41, 5.74) is 2.50. The maximum Gasteiger partial charge on any atom is 0.241 e. The van der Waals surface area contributed by atoms with E-state index in [4.69, 9.17) is 27.9 Å². The molecular weight excluding hydrogens is 760 g/mol. The Hall–Kier alpha value is -5.59. The fraction of sp³-hybridized carbons (Fsp3) is 0.286. The predicted octanol–water partition coefficient (Wildman–Crippen LogP) is 8.76. The van der Waals surface area contributed by atoms with Crippen LogP contribution in [0.1, 0.15) is 31.2 Å². The molecule has 11 nitrogen and oxygen atoms in total. The van der Waals surface area contributed by atoms with Gasteiger partial charge in [-0.15, -0.1) is 0 Å². The molecule has 2 heterocycles. The molecule has 0 aromatic heterocycles. The summed E-state index contributed by atoms with van der Waals surface area (Å²) in [7, 11) is 5.27. The number of phenolic OH excluding ortho intramolecular Hbond substituents is 1. The lowest BCUT2D eigenvalue weighted by atomic mass is 9.51. The molecule has 14 heteroatoms. The van der Waals surface area contributed by atoms with Crippen LogP contribution in [0, 0.1) is 34.9 Å². The molecule has 4 aliphatic rings. The summed E-state index contributed by atoms with van der Waals surface area (Å²) in [6, 6.07) is 21.0. The number of amides is 4. The van der Waals surface area contributed by atoms with Crippen LogP contribution in [0.25, 0.3) is 0 Å². The number of allylic oxidation sites excluding steroid dienone is 2. The zero-order valence-corrected chi connectivity index (χ0v) is 32.3. The number of phenols is 1. The second kappa shape index (κ2) is 13.9. The molecule has 4 aromatic rings. The van der Waals surface area contributed by atoms with Gasteiger partial charge in [-0.05, 0) is 110 Å². The van der Waals surface area contributed by atoms with Gasteiger partial charge in [0.25, 0.3) is 0 Å². The summed E-state index contributed by atoms with van der Waals surface area (Å²) in [5, 5.41) is 19.0. The summed E-state index contributed by atoms with van der Waals surface area (Å²) < 4.78 is 19.7. The minimum Gasteiger partial charge on any atom is -0.503 e. The highest BCUT2D eigenvalue weighted by atomic mass is 35.5. The Balaban J connectivity index is 1.15. The normalized spacial score (nSPS) is 25.7. The van der Waals surface area contributed by atoms with Gasteiger partial charge in [0.05, 0.1) is 63.1 Å². The standard InChI is InChI=1S/C42H36Cl2FN5O6/c1-42-30(39(53)50(41(42)55)26-13-16-33(45)31(43)19-26)20-29-27(36(42)21-17-32(44)37(51)34(18-21)56-4)14-15-28-35(29)40(54)49(38(28)52)25-11-7-23(8-12-25)47-46-22-5-9-24(10-6-22)48(2)3/h5-14,16-19,28-30,35-36,51H,15,20H2,1-4H3. The van der Waals surface area contributed by atoms with Gasteiger partial charge in [-0.3, -0.25) is 24.1 Å². The first-order chi connectivity index (χ1) is 26.7. The molecule has 1 N–H and O–H groups in total. The van der Waals surface area contributed by atoms with E-state index < -0.39 is 58.5 Å². The number of carbonyl (C=O) groups is 4. The molecule has 2 aliphatic carbocycles. The fourth-order valence-corrected chi connectivity index (χ4v) is 9.43. The second-order valence-corrected chi connectivity index (χ2v) is 15.8. The summed E-state index contributed by atoms with van der Waals surface area (Å²) >= 11 is 12.6. The molecule has 0 radical (unpaired) electrons. The number of halogens is 3. The van der Waals surface area contributed by atoms with Crippen molar-refractivity contribution in [2.24, 2.45) is 39.3 Å². The Bertz CT molecular complexity index is 2390. The first-order valence-corrected chi connectivity index (χ1v) is 18.8. The average molecular weight is 797 g/mol. The largest absolute Gasteiger partial charge is 0.503 e. The van der Waals surface area contributed by atoms with Gasteiger partial charge in [0.1, 0.15) is 5.82 Å². The summed E-state index contributed by atoms with van der Waals surface area (Å²) in [5.74, 6) is -6.70. The number of anilines is 3. The van der Waals surface area contributed by atoms with E-state index in [-0.39, 0.29) is 46.0 Å². The van der Waals surface area contributed by atoms with Gasteiger partial charge in [0.15, 0.2) is 11.5 Å². The van der Waals surface area contributed by atoms with Crippen LogP contribution in [0.2, 0.25) is 10.0 Å². The topological polar surface area (TPSA) is 132 Å². The Morgan fingerprint density at radius 3 is 2.09 bits per heavy atom. The van der Waals surface area contributed by atoms with Crippen LogP contribution < -0.4 is 19.4 Å². The van der Waals surface area contributed by atoms with Gasteiger partial charge >= 0.3 is 0 Å². The van der Waals surface area contributed by atoms with Gasteiger partial charge < -0.3 is 14.7 Å². The van der Waals surface area contributed by atoms with Crippen molar-refractivity contribution in [3.8, 4) is 11.5 Å². The van der Waals surface area contributed by atoms with E-state index in [1.807, 2.05) is 49.3 Å². The number of nitrogens with zero attached hydrogens (tertiary/aromatic N) is 5. The molecule has 56 heavy (non-hydrogen) atoms. The summed E-state index contributed by atoms with van der Waals surface area (Å²) in [6.07, 6.45) is 2.22. The number of ether oxygens (including phenoxy) is 1. The van der Waals surface area contributed by atoms with Crippen LogP contribution >= 0.6 is 23.2 Å². The quantitative estimate of drug-likeness (QED) is 0.112. The molecule has 2 aliphatic heterocycles. The smallest absolute Gasteiger partial charge is 0.241 e. The number of hydrogen-bond acceptors (Lipinski definition) is 9. The first kappa shape index (κ1) is 37.3. The molecule has 6 atom stereocenters. The number of imide groups is 2. The first-order valence-electron chi connectivity index (χ1n) is 18.0. The molecule has 0 bridgehead atoms. The summed E-state index contributed by atoms with van der Waals surface area (Å²) in [6.45, 7) is 1.70. The van der Waals surface area contributed by atoms with Crippen LogP contribution in [0.5, 0.6) is 11.5 Å². The van der Waals surface area contributed by atoms with E-state index in [0.717, 1.165) is 16.7 Å². The number of azo groups is 1. The van der Waals surface area contributed by atoms with Gasteiger partial charge in [0.2, 0.25) is 23.6 Å². The van der Waals surface area contributed by atoms with E-state index in [2.05, 4.69) is 10.2 Å². The Morgan fingerprint density at radius 1 is 0.821 bits per heavy atom. The Kier molecular flexibility index (Phi) is 9.24. The number of carbonyl (C=O) groups excluding carboxylic acids is 4. The highest BCUT2D eigenvalue weighted by molar-refractivity contribution is 6.32. The maximum atomic E-state index is 14.7. The van der Waals surface area contributed by atoms with E-state index >= 15 is 0 Å². The second-order valence-electron chi connectivity index (χ2n) is 15.0. The lowest BCUT2D eigenvalue weighted by Gasteiger charge is -2.49. The molecule has 3 fully saturated rings. The minimum atomic E-state index is -1.41. The van der Waals surface area contributed by atoms with Crippen molar-refractivity contribution in [3.05, 3.63) is 112 Å². The van der Waals surface area contributed by atoms with Crippen molar-refractivity contribution in [1.82, 2.24) is 0 Å².